The molecule has 0 aliphatic carbocycles. The highest BCUT2D eigenvalue weighted by Crippen LogP contribution is 2.18. The Morgan fingerprint density at radius 3 is 2.68 bits per heavy atom. The number of aromatic nitrogens is 1. The van der Waals surface area contributed by atoms with E-state index in [1.807, 2.05) is 24.3 Å². The number of rotatable bonds is 4. The Labute approximate surface area is 150 Å². The molecule has 4 nitrogen and oxygen atoms in total. The Morgan fingerprint density at radius 1 is 1.08 bits per heavy atom. The van der Waals surface area contributed by atoms with Crippen molar-refractivity contribution in [3.8, 4) is 0 Å². The zero-order chi connectivity index (χ0) is 17.8. The molecule has 0 radical (unpaired) electrons. The van der Waals surface area contributed by atoms with E-state index in [2.05, 4.69) is 10.3 Å². The minimum atomic E-state index is -0.298. The number of nitrogens with zero attached hydrogens (tertiary/aromatic N) is 1. The van der Waals surface area contributed by atoms with Gasteiger partial charge in [-0.05, 0) is 43.3 Å². The van der Waals surface area contributed by atoms with Crippen LogP contribution in [0, 0.1) is 0 Å². The quantitative estimate of drug-likeness (QED) is 0.546. The number of carbonyl (C=O) groups excluding carboxylic acids is 2. The molecular weight excluding hydrogens is 336 g/mol. The molecule has 3 rings (SSSR count). The Kier molecular flexibility index (Phi) is 4.91. The summed E-state index contributed by atoms with van der Waals surface area (Å²) in [6, 6.07) is 16.0. The molecule has 1 aromatic heterocycles. The first-order chi connectivity index (χ1) is 12.0. The number of amides is 1. The van der Waals surface area contributed by atoms with Crippen molar-refractivity contribution in [1.82, 2.24) is 4.98 Å². The number of carbonyl (C=O) groups is 2. The molecule has 0 atom stereocenters. The lowest BCUT2D eigenvalue weighted by molar-refractivity contribution is -0.111. The number of fused-ring (bicyclic) bond motifs is 1. The first kappa shape index (κ1) is 16.9. The van der Waals surface area contributed by atoms with Crippen LogP contribution in [0.25, 0.3) is 17.0 Å². The normalized spacial score (nSPS) is 11.0. The van der Waals surface area contributed by atoms with Crippen LogP contribution in [0.1, 0.15) is 23.0 Å². The molecule has 124 valence electrons. The third kappa shape index (κ3) is 4.31. The molecule has 0 spiro atoms. The fourth-order valence-corrected chi connectivity index (χ4v) is 2.53. The molecule has 0 bridgehead atoms. The van der Waals surface area contributed by atoms with Crippen LogP contribution in [0.2, 0.25) is 5.02 Å². The SMILES string of the molecule is CC(=O)c1cccc(NC(=O)C=Cc2ccc3ccc(Cl)cc3n2)c1. The van der Waals surface area contributed by atoms with Crippen LogP contribution in [0.15, 0.2) is 60.7 Å². The average molecular weight is 351 g/mol. The maximum absolute atomic E-state index is 12.1. The predicted octanol–water partition coefficient (Wildman–Crippen LogP) is 4.74. The van der Waals surface area contributed by atoms with E-state index in [0.29, 0.717) is 22.0 Å². The van der Waals surface area contributed by atoms with Gasteiger partial charge in [0.05, 0.1) is 11.2 Å². The molecule has 0 aliphatic rings. The van der Waals surface area contributed by atoms with Gasteiger partial charge in [-0.1, -0.05) is 35.9 Å². The minimum Gasteiger partial charge on any atom is -0.322 e. The van der Waals surface area contributed by atoms with Gasteiger partial charge >= 0.3 is 0 Å². The molecule has 1 heterocycles. The van der Waals surface area contributed by atoms with Crippen molar-refractivity contribution in [2.24, 2.45) is 0 Å². The minimum absolute atomic E-state index is 0.0503. The highest BCUT2D eigenvalue weighted by atomic mass is 35.5. The first-order valence-electron chi connectivity index (χ1n) is 7.68. The van der Waals surface area contributed by atoms with Gasteiger partial charge in [-0.3, -0.25) is 9.59 Å². The van der Waals surface area contributed by atoms with Gasteiger partial charge in [0.1, 0.15) is 0 Å². The second kappa shape index (κ2) is 7.28. The van der Waals surface area contributed by atoms with Crippen LogP contribution in [0.4, 0.5) is 5.69 Å². The Balaban J connectivity index is 1.74. The van der Waals surface area contributed by atoms with Crippen LogP contribution in [-0.2, 0) is 4.79 Å². The summed E-state index contributed by atoms with van der Waals surface area (Å²) in [5, 5.41) is 4.32. The fraction of sp³-hybridized carbons (Fsp3) is 0.0500. The maximum atomic E-state index is 12.1. The van der Waals surface area contributed by atoms with Crippen molar-refractivity contribution in [2.75, 3.05) is 5.32 Å². The van der Waals surface area contributed by atoms with Crippen molar-refractivity contribution < 1.29 is 9.59 Å². The molecule has 0 unspecified atom stereocenters. The monoisotopic (exact) mass is 350 g/mol. The highest BCUT2D eigenvalue weighted by molar-refractivity contribution is 6.31. The molecule has 5 heteroatoms. The molecule has 1 amide bonds. The molecule has 3 aromatic rings. The number of anilines is 1. The lowest BCUT2D eigenvalue weighted by Crippen LogP contribution is -2.08. The molecule has 0 aliphatic heterocycles. The van der Waals surface area contributed by atoms with Gasteiger partial charge in [0.2, 0.25) is 5.91 Å². The third-order valence-electron chi connectivity index (χ3n) is 3.62. The fourth-order valence-electron chi connectivity index (χ4n) is 2.36. The van der Waals surface area contributed by atoms with Crippen molar-refractivity contribution in [2.45, 2.75) is 6.92 Å². The molecule has 0 saturated carbocycles. The summed E-state index contributed by atoms with van der Waals surface area (Å²) in [6.07, 6.45) is 3.03. The Hall–Kier alpha value is -2.98. The lowest BCUT2D eigenvalue weighted by Gasteiger charge is -2.04. The van der Waals surface area contributed by atoms with E-state index < -0.39 is 0 Å². The second-order valence-electron chi connectivity index (χ2n) is 5.53. The standard InChI is InChI=1S/C20H15ClN2O2/c1-13(24)15-3-2-4-18(11-15)23-20(25)10-9-17-8-6-14-5-7-16(21)12-19(14)22-17/h2-12H,1H3,(H,23,25). The van der Waals surface area contributed by atoms with Gasteiger partial charge in [-0.15, -0.1) is 0 Å². The molecule has 25 heavy (non-hydrogen) atoms. The van der Waals surface area contributed by atoms with Gasteiger partial charge in [0.25, 0.3) is 0 Å². The van der Waals surface area contributed by atoms with Crippen LogP contribution >= 0.6 is 11.6 Å². The van der Waals surface area contributed by atoms with E-state index in [-0.39, 0.29) is 11.7 Å². The number of halogens is 1. The van der Waals surface area contributed by atoms with E-state index >= 15 is 0 Å². The average Bonchev–Trinajstić information content (AvgIpc) is 2.59. The summed E-state index contributed by atoms with van der Waals surface area (Å²) in [4.78, 5) is 27.9. The predicted molar refractivity (Wildman–Crippen MR) is 101 cm³/mol. The summed E-state index contributed by atoms with van der Waals surface area (Å²) >= 11 is 5.98. The first-order valence-corrected chi connectivity index (χ1v) is 8.05. The summed E-state index contributed by atoms with van der Waals surface area (Å²) < 4.78 is 0. The zero-order valence-electron chi connectivity index (χ0n) is 13.5. The maximum Gasteiger partial charge on any atom is 0.248 e. The van der Waals surface area contributed by atoms with Crippen LogP contribution < -0.4 is 5.32 Å². The Bertz CT molecular complexity index is 996. The summed E-state index contributed by atoms with van der Waals surface area (Å²) in [7, 11) is 0. The highest BCUT2D eigenvalue weighted by Gasteiger charge is 2.03. The summed E-state index contributed by atoms with van der Waals surface area (Å²) in [6.45, 7) is 1.48. The topological polar surface area (TPSA) is 59.1 Å². The molecule has 1 N–H and O–H groups in total. The zero-order valence-corrected chi connectivity index (χ0v) is 14.2. The van der Waals surface area contributed by atoms with Crippen molar-refractivity contribution >= 4 is 46.0 Å². The number of Topliss-reactive ketones (excluding diaryl/α,β-unsaturated/α-hetero) is 1. The molecule has 0 saturated heterocycles. The lowest BCUT2D eigenvalue weighted by atomic mass is 10.1. The van der Waals surface area contributed by atoms with Crippen LogP contribution in [0.3, 0.4) is 0 Å². The van der Waals surface area contributed by atoms with Crippen LogP contribution in [-0.4, -0.2) is 16.7 Å². The number of pyridine rings is 1. The number of ketones is 1. The van der Waals surface area contributed by atoms with E-state index in [0.717, 1.165) is 10.9 Å². The number of hydrogen-bond acceptors (Lipinski definition) is 3. The van der Waals surface area contributed by atoms with E-state index in [9.17, 15) is 9.59 Å². The van der Waals surface area contributed by atoms with Crippen molar-refractivity contribution in [3.05, 3.63) is 77.0 Å². The van der Waals surface area contributed by atoms with E-state index in [1.54, 1.807) is 36.4 Å². The third-order valence-corrected chi connectivity index (χ3v) is 3.85. The molecule has 0 fully saturated rings. The van der Waals surface area contributed by atoms with Gasteiger partial charge in [0, 0.05) is 27.7 Å². The summed E-state index contributed by atoms with van der Waals surface area (Å²) in [5.41, 5.74) is 2.54. The Morgan fingerprint density at radius 2 is 1.88 bits per heavy atom. The smallest absolute Gasteiger partial charge is 0.248 e. The number of benzene rings is 2. The largest absolute Gasteiger partial charge is 0.322 e. The second-order valence-corrected chi connectivity index (χ2v) is 5.97. The van der Waals surface area contributed by atoms with Crippen LogP contribution in [0.5, 0.6) is 0 Å². The van der Waals surface area contributed by atoms with Gasteiger partial charge in [0.15, 0.2) is 5.78 Å². The van der Waals surface area contributed by atoms with E-state index in [4.69, 9.17) is 11.6 Å². The molecular formula is C20H15ClN2O2. The van der Waals surface area contributed by atoms with Gasteiger partial charge in [-0.25, -0.2) is 4.98 Å². The number of nitrogens with one attached hydrogen (secondary N) is 1. The van der Waals surface area contributed by atoms with E-state index in [1.165, 1.54) is 13.0 Å². The summed E-state index contributed by atoms with van der Waals surface area (Å²) in [5.74, 6) is -0.348. The van der Waals surface area contributed by atoms with Crippen molar-refractivity contribution in [1.29, 1.82) is 0 Å². The van der Waals surface area contributed by atoms with Gasteiger partial charge < -0.3 is 5.32 Å². The van der Waals surface area contributed by atoms with Crippen molar-refractivity contribution in [3.63, 3.8) is 0 Å². The van der Waals surface area contributed by atoms with Gasteiger partial charge in [-0.2, -0.15) is 0 Å². The number of hydrogen-bond donors (Lipinski definition) is 1. The molecule has 2 aromatic carbocycles.